The third kappa shape index (κ3) is 5.30. The molecule has 1 aliphatic heterocycles. The van der Waals surface area contributed by atoms with Crippen molar-refractivity contribution in [1.82, 2.24) is 9.21 Å². The number of sulfonamides is 1. The van der Waals surface area contributed by atoms with Gasteiger partial charge < -0.3 is 9.64 Å². The molecule has 0 atom stereocenters. The summed E-state index contributed by atoms with van der Waals surface area (Å²) in [6.07, 6.45) is 0.879. The first-order valence-corrected chi connectivity index (χ1v) is 11.5. The highest BCUT2D eigenvalue weighted by molar-refractivity contribution is 7.89. The minimum Gasteiger partial charge on any atom is -0.490 e. The number of halogens is 2. The Morgan fingerprint density at radius 1 is 1.17 bits per heavy atom. The maximum Gasteiger partial charge on any atom is 0.243 e. The second-order valence-electron chi connectivity index (χ2n) is 7.17. The van der Waals surface area contributed by atoms with E-state index < -0.39 is 15.8 Å². The fraction of sp³-hybridized carbons (Fsp3) is 0.381. The Hall–Kier alpha value is -2.16. The molecule has 9 heteroatoms. The molecule has 6 nitrogen and oxygen atoms in total. The Morgan fingerprint density at radius 2 is 1.80 bits per heavy atom. The van der Waals surface area contributed by atoms with E-state index in [1.165, 1.54) is 16.4 Å². The average molecular weight is 455 g/mol. The number of carbonyl (C=O) groups is 1. The molecule has 1 fully saturated rings. The van der Waals surface area contributed by atoms with E-state index >= 15 is 0 Å². The molecule has 0 bridgehead atoms. The molecule has 1 heterocycles. The molecule has 0 spiro atoms. The highest BCUT2D eigenvalue weighted by atomic mass is 35.5. The van der Waals surface area contributed by atoms with Gasteiger partial charge in [-0.2, -0.15) is 4.31 Å². The number of ether oxygens (including phenoxy) is 1. The van der Waals surface area contributed by atoms with Crippen LogP contribution >= 0.6 is 11.6 Å². The fourth-order valence-electron chi connectivity index (χ4n) is 3.37. The first-order chi connectivity index (χ1) is 14.3. The molecule has 1 saturated heterocycles. The van der Waals surface area contributed by atoms with Crippen LogP contribution in [-0.4, -0.2) is 56.8 Å². The molecule has 162 valence electrons. The lowest BCUT2D eigenvalue weighted by Crippen LogP contribution is -2.44. The molecule has 1 aliphatic rings. The molecule has 2 aromatic rings. The van der Waals surface area contributed by atoms with E-state index in [1.807, 2.05) is 12.1 Å². The van der Waals surface area contributed by atoms with Crippen molar-refractivity contribution in [2.75, 3.05) is 33.3 Å². The number of piperidine rings is 1. The molecule has 2 aromatic carbocycles. The number of para-hydroxylation sites is 1. The monoisotopic (exact) mass is 454 g/mol. The van der Waals surface area contributed by atoms with Crippen molar-refractivity contribution in [3.63, 3.8) is 0 Å². The third-order valence-electron chi connectivity index (χ3n) is 5.15. The molecule has 1 amide bonds. The van der Waals surface area contributed by atoms with Gasteiger partial charge in [0.15, 0.2) is 0 Å². The Kier molecular flexibility index (Phi) is 7.33. The van der Waals surface area contributed by atoms with Crippen LogP contribution in [0.1, 0.15) is 12.8 Å². The standard InChI is InChI=1S/C21H24ClFN2O4S/c1-24(14-15-29-20-5-3-2-4-19(20)22)21(26)16-10-12-25(13-11-16)30(27,28)18-8-6-17(23)7-9-18/h2-9,16H,10-15H2,1H3. The number of rotatable bonds is 7. The summed E-state index contributed by atoms with van der Waals surface area (Å²) in [5, 5.41) is 0.515. The topological polar surface area (TPSA) is 66.9 Å². The number of amides is 1. The van der Waals surface area contributed by atoms with E-state index in [0.29, 0.717) is 36.8 Å². The summed E-state index contributed by atoms with van der Waals surface area (Å²) in [7, 11) is -1.98. The Balaban J connectivity index is 1.49. The van der Waals surface area contributed by atoms with Crippen LogP contribution in [0.3, 0.4) is 0 Å². The Labute approximate surface area is 181 Å². The highest BCUT2D eigenvalue weighted by Gasteiger charge is 2.33. The van der Waals surface area contributed by atoms with Gasteiger partial charge in [0, 0.05) is 26.1 Å². The fourth-order valence-corrected chi connectivity index (χ4v) is 5.03. The normalized spacial score (nSPS) is 15.7. The lowest BCUT2D eigenvalue weighted by atomic mass is 9.97. The number of likely N-dealkylation sites (N-methyl/N-ethyl adjacent to an activating group) is 1. The first kappa shape index (κ1) is 22.5. The predicted octanol–water partition coefficient (Wildman–Crippen LogP) is 3.42. The van der Waals surface area contributed by atoms with Gasteiger partial charge in [0.05, 0.1) is 16.5 Å². The minimum absolute atomic E-state index is 0.0309. The molecule has 0 aromatic heterocycles. The molecule has 0 aliphatic carbocycles. The van der Waals surface area contributed by atoms with Gasteiger partial charge in [0.2, 0.25) is 15.9 Å². The van der Waals surface area contributed by atoms with Crippen LogP contribution in [0.5, 0.6) is 5.75 Å². The molecule has 0 saturated carbocycles. The van der Waals surface area contributed by atoms with Crippen LogP contribution in [0.4, 0.5) is 4.39 Å². The maximum atomic E-state index is 13.1. The van der Waals surface area contributed by atoms with Gasteiger partial charge in [0.25, 0.3) is 0 Å². The lowest BCUT2D eigenvalue weighted by molar-refractivity contribution is -0.135. The van der Waals surface area contributed by atoms with Gasteiger partial charge in [0.1, 0.15) is 18.2 Å². The zero-order valence-corrected chi connectivity index (χ0v) is 18.2. The van der Waals surface area contributed by atoms with E-state index in [2.05, 4.69) is 0 Å². The second-order valence-corrected chi connectivity index (χ2v) is 9.52. The largest absolute Gasteiger partial charge is 0.490 e. The average Bonchev–Trinajstić information content (AvgIpc) is 2.75. The van der Waals surface area contributed by atoms with Crippen molar-refractivity contribution < 1.29 is 22.3 Å². The summed E-state index contributed by atoms with van der Waals surface area (Å²) in [4.78, 5) is 14.4. The smallest absolute Gasteiger partial charge is 0.243 e. The number of benzene rings is 2. The quantitative estimate of drug-likeness (QED) is 0.643. The van der Waals surface area contributed by atoms with Gasteiger partial charge in [-0.05, 0) is 49.2 Å². The van der Waals surface area contributed by atoms with Gasteiger partial charge >= 0.3 is 0 Å². The lowest BCUT2D eigenvalue weighted by Gasteiger charge is -2.32. The van der Waals surface area contributed by atoms with Crippen molar-refractivity contribution in [2.24, 2.45) is 5.92 Å². The van der Waals surface area contributed by atoms with Crippen LogP contribution in [0.15, 0.2) is 53.4 Å². The Morgan fingerprint density at radius 3 is 2.43 bits per heavy atom. The number of hydrogen-bond donors (Lipinski definition) is 0. The van der Waals surface area contributed by atoms with Crippen molar-refractivity contribution in [3.05, 3.63) is 59.4 Å². The second kappa shape index (κ2) is 9.76. The number of hydrogen-bond acceptors (Lipinski definition) is 4. The third-order valence-corrected chi connectivity index (χ3v) is 7.38. The van der Waals surface area contributed by atoms with Gasteiger partial charge in [-0.1, -0.05) is 23.7 Å². The van der Waals surface area contributed by atoms with Crippen LogP contribution < -0.4 is 4.74 Å². The van der Waals surface area contributed by atoms with E-state index in [4.69, 9.17) is 16.3 Å². The molecular weight excluding hydrogens is 431 g/mol. The van der Waals surface area contributed by atoms with Crippen molar-refractivity contribution in [2.45, 2.75) is 17.7 Å². The molecular formula is C21H24ClFN2O4S. The van der Waals surface area contributed by atoms with Crippen LogP contribution in [0.2, 0.25) is 5.02 Å². The zero-order valence-electron chi connectivity index (χ0n) is 16.6. The predicted molar refractivity (Wildman–Crippen MR) is 112 cm³/mol. The Bertz CT molecular complexity index is 977. The van der Waals surface area contributed by atoms with E-state index in [-0.39, 0.29) is 29.8 Å². The maximum absolute atomic E-state index is 13.1. The van der Waals surface area contributed by atoms with Crippen molar-refractivity contribution in [1.29, 1.82) is 0 Å². The van der Waals surface area contributed by atoms with E-state index in [1.54, 1.807) is 24.1 Å². The molecule has 30 heavy (non-hydrogen) atoms. The van der Waals surface area contributed by atoms with Crippen molar-refractivity contribution >= 4 is 27.5 Å². The van der Waals surface area contributed by atoms with Gasteiger partial charge in [-0.15, -0.1) is 0 Å². The summed E-state index contributed by atoms with van der Waals surface area (Å²) in [5.74, 6) is -0.189. The first-order valence-electron chi connectivity index (χ1n) is 9.67. The van der Waals surface area contributed by atoms with E-state index in [0.717, 1.165) is 12.1 Å². The van der Waals surface area contributed by atoms with Crippen LogP contribution in [-0.2, 0) is 14.8 Å². The van der Waals surface area contributed by atoms with E-state index in [9.17, 15) is 17.6 Å². The summed E-state index contributed by atoms with van der Waals surface area (Å²) in [6, 6.07) is 11.9. The zero-order chi connectivity index (χ0) is 21.7. The summed E-state index contributed by atoms with van der Waals surface area (Å²) in [5.41, 5.74) is 0. The summed E-state index contributed by atoms with van der Waals surface area (Å²) < 4.78 is 45.4. The highest BCUT2D eigenvalue weighted by Crippen LogP contribution is 2.26. The van der Waals surface area contributed by atoms with Crippen LogP contribution in [0, 0.1) is 11.7 Å². The van der Waals surface area contributed by atoms with Crippen LogP contribution in [0.25, 0.3) is 0 Å². The number of carbonyl (C=O) groups excluding carboxylic acids is 1. The molecule has 3 rings (SSSR count). The summed E-state index contributed by atoms with van der Waals surface area (Å²) >= 11 is 6.05. The molecule has 0 radical (unpaired) electrons. The molecule has 0 N–H and O–H groups in total. The summed E-state index contributed by atoms with van der Waals surface area (Å²) in [6.45, 7) is 1.21. The number of nitrogens with zero attached hydrogens (tertiary/aromatic N) is 2. The minimum atomic E-state index is -3.69. The van der Waals surface area contributed by atoms with Gasteiger partial charge in [-0.25, -0.2) is 12.8 Å². The SMILES string of the molecule is CN(CCOc1ccccc1Cl)C(=O)C1CCN(S(=O)(=O)c2ccc(F)cc2)CC1. The molecule has 0 unspecified atom stereocenters. The van der Waals surface area contributed by atoms with Gasteiger partial charge in [-0.3, -0.25) is 4.79 Å². The van der Waals surface area contributed by atoms with Crippen molar-refractivity contribution in [3.8, 4) is 5.75 Å².